The van der Waals surface area contributed by atoms with E-state index < -0.39 is 5.82 Å². The number of amides is 1. The fourth-order valence-electron chi connectivity index (χ4n) is 1.85. The van der Waals surface area contributed by atoms with Crippen LogP contribution in [0, 0.1) is 12.7 Å². The van der Waals surface area contributed by atoms with E-state index in [0.717, 1.165) is 11.3 Å². The molecule has 1 amide bonds. The zero-order valence-electron chi connectivity index (χ0n) is 11.1. The van der Waals surface area contributed by atoms with E-state index >= 15 is 0 Å². The molecular formula is C15H14BrFN2O. The van der Waals surface area contributed by atoms with Crippen molar-refractivity contribution in [3.8, 4) is 0 Å². The SMILES string of the molecule is CNc1ccc(C)cc1C(=O)Nc1cc(F)ccc1Br. The molecule has 0 unspecified atom stereocenters. The number of halogens is 2. The molecule has 20 heavy (non-hydrogen) atoms. The Morgan fingerprint density at radius 2 is 1.90 bits per heavy atom. The standard InChI is InChI=1S/C15H14BrFN2O/c1-9-3-6-13(18-2)11(7-9)15(20)19-14-8-10(17)4-5-12(14)16/h3-8,18H,1-2H3,(H,19,20). The maximum Gasteiger partial charge on any atom is 0.257 e. The Kier molecular flexibility index (Phi) is 4.39. The number of hydrogen-bond donors (Lipinski definition) is 2. The zero-order valence-corrected chi connectivity index (χ0v) is 12.7. The Balaban J connectivity index is 2.32. The van der Waals surface area contributed by atoms with E-state index in [1.54, 1.807) is 19.2 Å². The molecule has 0 aliphatic rings. The molecular weight excluding hydrogens is 323 g/mol. The Hall–Kier alpha value is -1.88. The van der Waals surface area contributed by atoms with E-state index in [1.165, 1.54) is 12.1 Å². The summed E-state index contributed by atoms with van der Waals surface area (Å²) < 4.78 is 13.9. The van der Waals surface area contributed by atoms with Crippen LogP contribution < -0.4 is 10.6 Å². The third kappa shape index (κ3) is 3.17. The quantitative estimate of drug-likeness (QED) is 0.882. The summed E-state index contributed by atoms with van der Waals surface area (Å²) in [5.41, 5.74) is 2.62. The highest BCUT2D eigenvalue weighted by Crippen LogP contribution is 2.25. The van der Waals surface area contributed by atoms with E-state index in [0.29, 0.717) is 15.7 Å². The molecule has 3 nitrogen and oxygen atoms in total. The van der Waals surface area contributed by atoms with Gasteiger partial charge in [-0.2, -0.15) is 0 Å². The molecule has 0 heterocycles. The van der Waals surface area contributed by atoms with Crippen molar-refractivity contribution in [2.75, 3.05) is 17.7 Å². The lowest BCUT2D eigenvalue weighted by Gasteiger charge is -2.12. The van der Waals surface area contributed by atoms with Gasteiger partial charge in [-0.3, -0.25) is 4.79 Å². The second-order valence-corrected chi connectivity index (χ2v) is 5.23. The molecule has 0 aliphatic carbocycles. The van der Waals surface area contributed by atoms with Crippen molar-refractivity contribution >= 4 is 33.2 Å². The molecule has 2 aromatic carbocycles. The summed E-state index contributed by atoms with van der Waals surface area (Å²) in [6, 6.07) is 9.70. The van der Waals surface area contributed by atoms with Gasteiger partial charge in [-0.05, 0) is 53.2 Å². The number of nitrogens with one attached hydrogen (secondary N) is 2. The number of anilines is 2. The smallest absolute Gasteiger partial charge is 0.257 e. The summed E-state index contributed by atoms with van der Waals surface area (Å²) in [6.45, 7) is 1.91. The summed E-state index contributed by atoms with van der Waals surface area (Å²) in [5, 5.41) is 5.67. The van der Waals surface area contributed by atoms with Crippen molar-refractivity contribution in [2.24, 2.45) is 0 Å². The summed E-state index contributed by atoms with van der Waals surface area (Å²) in [6.07, 6.45) is 0. The normalized spacial score (nSPS) is 10.2. The molecule has 2 aromatic rings. The van der Waals surface area contributed by atoms with Gasteiger partial charge in [0.1, 0.15) is 5.82 Å². The van der Waals surface area contributed by atoms with Gasteiger partial charge in [-0.25, -0.2) is 4.39 Å². The third-order valence-electron chi connectivity index (χ3n) is 2.87. The zero-order chi connectivity index (χ0) is 14.7. The van der Waals surface area contributed by atoms with Gasteiger partial charge in [0.05, 0.1) is 11.3 Å². The minimum absolute atomic E-state index is 0.288. The molecule has 2 rings (SSSR count). The number of benzene rings is 2. The Morgan fingerprint density at radius 1 is 1.15 bits per heavy atom. The maximum absolute atomic E-state index is 13.2. The van der Waals surface area contributed by atoms with Crippen LogP contribution in [0.2, 0.25) is 0 Å². The van der Waals surface area contributed by atoms with E-state index in [-0.39, 0.29) is 5.91 Å². The first-order chi connectivity index (χ1) is 9.51. The Labute approximate surface area is 125 Å². The Bertz CT molecular complexity index is 658. The van der Waals surface area contributed by atoms with Crippen molar-refractivity contribution < 1.29 is 9.18 Å². The largest absolute Gasteiger partial charge is 0.387 e. The summed E-state index contributed by atoms with van der Waals surface area (Å²) in [5.74, 6) is -0.689. The molecule has 5 heteroatoms. The maximum atomic E-state index is 13.2. The molecule has 2 N–H and O–H groups in total. The number of hydrogen-bond acceptors (Lipinski definition) is 2. The van der Waals surface area contributed by atoms with Crippen LogP contribution in [0.15, 0.2) is 40.9 Å². The summed E-state index contributed by atoms with van der Waals surface area (Å²) in [7, 11) is 1.75. The minimum Gasteiger partial charge on any atom is -0.387 e. The molecule has 0 aromatic heterocycles. The van der Waals surface area contributed by atoms with Crippen LogP contribution in [0.3, 0.4) is 0 Å². The van der Waals surface area contributed by atoms with Crippen LogP contribution in [0.4, 0.5) is 15.8 Å². The van der Waals surface area contributed by atoms with Crippen molar-refractivity contribution in [1.82, 2.24) is 0 Å². The van der Waals surface area contributed by atoms with Crippen LogP contribution in [-0.4, -0.2) is 13.0 Å². The van der Waals surface area contributed by atoms with Crippen LogP contribution in [0.25, 0.3) is 0 Å². The van der Waals surface area contributed by atoms with E-state index in [2.05, 4.69) is 26.6 Å². The van der Waals surface area contributed by atoms with Crippen molar-refractivity contribution in [2.45, 2.75) is 6.92 Å². The molecule has 0 fully saturated rings. The van der Waals surface area contributed by atoms with Gasteiger partial charge in [0, 0.05) is 17.2 Å². The molecule has 0 spiro atoms. The predicted octanol–water partition coefficient (Wildman–Crippen LogP) is 4.19. The number of aryl methyl sites for hydroxylation is 1. The minimum atomic E-state index is -0.401. The first-order valence-corrected chi connectivity index (χ1v) is 6.85. The van der Waals surface area contributed by atoms with Crippen LogP contribution in [0.1, 0.15) is 15.9 Å². The lowest BCUT2D eigenvalue weighted by atomic mass is 10.1. The van der Waals surface area contributed by atoms with Crippen LogP contribution in [-0.2, 0) is 0 Å². The highest BCUT2D eigenvalue weighted by molar-refractivity contribution is 9.10. The molecule has 0 bridgehead atoms. The number of carbonyl (C=O) groups is 1. The molecule has 0 saturated carbocycles. The van der Waals surface area contributed by atoms with Gasteiger partial charge in [-0.15, -0.1) is 0 Å². The average molecular weight is 337 g/mol. The van der Waals surface area contributed by atoms with Gasteiger partial charge in [-0.1, -0.05) is 11.6 Å². The monoisotopic (exact) mass is 336 g/mol. The Morgan fingerprint density at radius 3 is 2.60 bits per heavy atom. The predicted molar refractivity (Wildman–Crippen MR) is 82.8 cm³/mol. The van der Waals surface area contributed by atoms with Gasteiger partial charge < -0.3 is 10.6 Å². The van der Waals surface area contributed by atoms with Gasteiger partial charge >= 0.3 is 0 Å². The van der Waals surface area contributed by atoms with Crippen molar-refractivity contribution in [1.29, 1.82) is 0 Å². The van der Waals surface area contributed by atoms with E-state index in [9.17, 15) is 9.18 Å². The first kappa shape index (κ1) is 14.5. The highest BCUT2D eigenvalue weighted by atomic mass is 79.9. The summed E-state index contributed by atoms with van der Waals surface area (Å²) >= 11 is 3.28. The van der Waals surface area contributed by atoms with Crippen molar-refractivity contribution in [3.63, 3.8) is 0 Å². The highest BCUT2D eigenvalue weighted by Gasteiger charge is 2.13. The average Bonchev–Trinajstić information content (AvgIpc) is 2.42. The fraction of sp³-hybridized carbons (Fsp3) is 0.133. The lowest BCUT2D eigenvalue weighted by Crippen LogP contribution is -2.14. The van der Waals surface area contributed by atoms with Crippen LogP contribution in [0.5, 0.6) is 0 Å². The topological polar surface area (TPSA) is 41.1 Å². The first-order valence-electron chi connectivity index (χ1n) is 6.06. The number of carbonyl (C=O) groups excluding carboxylic acids is 1. The molecule has 0 atom stereocenters. The molecule has 0 radical (unpaired) electrons. The third-order valence-corrected chi connectivity index (χ3v) is 3.56. The van der Waals surface area contributed by atoms with Crippen molar-refractivity contribution in [3.05, 3.63) is 57.8 Å². The van der Waals surface area contributed by atoms with Gasteiger partial charge in [0.2, 0.25) is 0 Å². The van der Waals surface area contributed by atoms with Gasteiger partial charge in [0.15, 0.2) is 0 Å². The van der Waals surface area contributed by atoms with E-state index in [1.807, 2.05) is 19.1 Å². The van der Waals surface area contributed by atoms with Crippen LogP contribution >= 0.6 is 15.9 Å². The second kappa shape index (κ2) is 6.05. The molecule has 104 valence electrons. The van der Waals surface area contributed by atoms with E-state index in [4.69, 9.17) is 0 Å². The lowest BCUT2D eigenvalue weighted by molar-refractivity contribution is 0.102. The summed E-state index contributed by atoms with van der Waals surface area (Å²) in [4.78, 5) is 12.3. The second-order valence-electron chi connectivity index (χ2n) is 4.38. The number of rotatable bonds is 3. The molecule has 0 saturated heterocycles. The van der Waals surface area contributed by atoms with Gasteiger partial charge in [0.25, 0.3) is 5.91 Å². The fourth-order valence-corrected chi connectivity index (χ4v) is 2.19. The molecule has 0 aliphatic heterocycles.